The number of carbonyl (C=O) groups excluding carboxylic acids is 1. The van der Waals surface area contributed by atoms with E-state index in [9.17, 15) is 13.6 Å². The van der Waals surface area contributed by atoms with Crippen LogP contribution < -0.4 is 5.73 Å². The van der Waals surface area contributed by atoms with E-state index in [0.29, 0.717) is 19.4 Å². The van der Waals surface area contributed by atoms with Gasteiger partial charge in [-0.05, 0) is 31.4 Å². The number of ketones is 1. The molecule has 1 fully saturated rings. The summed E-state index contributed by atoms with van der Waals surface area (Å²) in [5.41, 5.74) is 5.18. The number of Topliss-reactive ketones (excluding diaryl/α,β-unsaturated/α-hetero) is 1. The lowest BCUT2D eigenvalue weighted by molar-refractivity contribution is 0.0397. The van der Waals surface area contributed by atoms with Gasteiger partial charge in [0.25, 0.3) is 0 Å². The molecule has 2 rings (SSSR count). The van der Waals surface area contributed by atoms with Crippen LogP contribution in [0.4, 0.5) is 8.78 Å². The lowest BCUT2D eigenvalue weighted by Gasteiger charge is -2.13. The Labute approximate surface area is 104 Å². The molecule has 0 amide bonds. The summed E-state index contributed by atoms with van der Waals surface area (Å²) in [6.45, 7) is 1.80. The maximum atomic E-state index is 13.8. The summed E-state index contributed by atoms with van der Waals surface area (Å²) < 4.78 is 32.7. The summed E-state index contributed by atoms with van der Waals surface area (Å²) in [7, 11) is 0. The number of hydrogen-bond acceptors (Lipinski definition) is 3. The molecule has 1 aliphatic heterocycles. The SMILES string of the molecule is Cc1ccc(F)c(C(=O)C2CCC(CN)O2)c1F. The molecule has 2 atom stereocenters. The van der Waals surface area contributed by atoms with Crippen LogP contribution >= 0.6 is 0 Å². The van der Waals surface area contributed by atoms with E-state index >= 15 is 0 Å². The molecule has 2 unspecified atom stereocenters. The third-order valence-corrected chi connectivity index (χ3v) is 3.19. The van der Waals surface area contributed by atoms with Crippen LogP contribution in [-0.2, 0) is 4.74 Å². The van der Waals surface area contributed by atoms with Gasteiger partial charge < -0.3 is 10.5 Å². The van der Waals surface area contributed by atoms with Crippen LogP contribution in [0.25, 0.3) is 0 Å². The van der Waals surface area contributed by atoms with Crippen molar-refractivity contribution in [3.8, 4) is 0 Å². The second kappa shape index (κ2) is 5.12. The molecule has 0 aliphatic carbocycles. The molecule has 5 heteroatoms. The van der Waals surface area contributed by atoms with E-state index in [1.807, 2.05) is 0 Å². The standard InChI is InChI=1S/C13H15F2NO2/c1-7-2-4-9(14)11(12(7)15)13(17)10-5-3-8(6-16)18-10/h2,4,8,10H,3,5-6,16H2,1H3. The highest BCUT2D eigenvalue weighted by molar-refractivity contribution is 6.00. The largest absolute Gasteiger partial charge is 0.366 e. The Morgan fingerprint density at radius 3 is 2.78 bits per heavy atom. The number of carbonyl (C=O) groups is 1. The van der Waals surface area contributed by atoms with Crippen LogP contribution in [-0.4, -0.2) is 24.5 Å². The van der Waals surface area contributed by atoms with E-state index in [4.69, 9.17) is 10.5 Å². The van der Waals surface area contributed by atoms with E-state index < -0.39 is 29.1 Å². The van der Waals surface area contributed by atoms with Crippen LogP contribution in [0.15, 0.2) is 12.1 Å². The van der Waals surface area contributed by atoms with Gasteiger partial charge in [-0.1, -0.05) is 6.07 Å². The Morgan fingerprint density at radius 2 is 2.17 bits per heavy atom. The zero-order valence-corrected chi connectivity index (χ0v) is 10.1. The molecule has 2 N–H and O–H groups in total. The fraction of sp³-hybridized carbons (Fsp3) is 0.462. The minimum Gasteiger partial charge on any atom is -0.366 e. The molecule has 0 spiro atoms. The van der Waals surface area contributed by atoms with Crippen LogP contribution in [0.5, 0.6) is 0 Å². The average Bonchev–Trinajstić information content (AvgIpc) is 2.83. The molecule has 1 aromatic rings. The summed E-state index contributed by atoms with van der Waals surface area (Å²) in [5, 5.41) is 0. The topological polar surface area (TPSA) is 52.3 Å². The quantitative estimate of drug-likeness (QED) is 0.840. The fourth-order valence-corrected chi connectivity index (χ4v) is 2.12. The molecule has 18 heavy (non-hydrogen) atoms. The molecule has 3 nitrogen and oxygen atoms in total. The Hall–Kier alpha value is -1.33. The predicted molar refractivity (Wildman–Crippen MR) is 62.4 cm³/mol. The van der Waals surface area contributed by atoms with E-state index in [-0.39, 0.29) is 11.7 Å². The third-order valence-electron chi connectivity index (χ3n) is 3.19. The van der Waals surface area contributed by atoms with Gasteiger partial charge in [0.15, 0.2) is 5.78 Å². The summed E-state index contributed by atoms with van der Waals surface area (Å²) in [4.78, 5) is 12.1. The molecular weight excluding hydrogens is 240 g/mol. The van der Waals surface area contributed by atoms with Gasteiger partial charge in [-0.25, -0.2) is 8.78 Å². The Kier molecular flexibility index (Phi) is 3.73. The van der Waals surface area contributed by atoms with Crippen LogP contribution in [0.1, 0.15) is 28.8 Å². The van der Waals surface area contributed by atoms with Crippen molar-refractivity contribution in [1.29, 1.82) is 0 Å². The molecule has 0 bridgehead atoms. The first-order chi connectivity index (χ1) is 8.54. The van der Waals surface area contributed by atoms with E-state index in [2.05, 4.69) is 0 Å². The van der Waals surface area contributed by atoms with Crippen molar-refractivity contribution < 1.29 is 18.3 Å². The Balaban J connectivity index is 2.27. The molecule has 0 saturated carbocycles. The minimum atomic E-state index is -0.845. The van der Waals surface area contributed by atoms with Gasteiger partial charge in [-0.15, -0.1) is 0 Å². The number of nitrogens with two attached hydrogens (primary N) is 1. The van der Waals surface area contributed by atoms with Gasteiger partial charge in [-0.2, -0.15) is 0 Å². The number of benzene rings is 1. The molecular formula is C13H15F2NO2. The highest BCUT2D eigenvalue weighted by Crippen LogP contribution is 2.25. The monoisotopic (exact) mass is 255 g/mol. The van der Waals surface area contributed by atoms with E-state index in [1.165, 1.54) is 13.0 Å². The van der Waals surface area contributed by atoms with Crippen LogP contribution in [0, 0.1) is 18.6 Å². The molecule has 1 heterocycles. The Morgan fingerprint density at radius 1 is 1.44 bits per heavy atom. The minimum absolute atomic E-state index is 0.199. The number of rotatable bonds is 3. The maximum Gasteiger partial charge on any atom is 0.197 e. The Bertz CT molecular complexity index is 476. The second-order valence-corrected chi connectivity index (χ2v) is 4.48. The highest BCUT2D eigenvalue weighted by atomic mass is 19.1. The van der Waals surface area contributed by atoms with Crippen molar-refractivity contribution in [3.63, 3.8) is 0 Å². The van der Waals surface area contributed by atoms with Crippen molar-refractivity contribution in [1.82, 2.24) is 0 Å². The van der Waals surface area contributed by atoms with Crippen molar-refractivity contribution in [3.05, 3.63) is 34.9 Å². The summed E-state index contributed by atoms with van der Waals surface area (Å²) >= 11 is 0. The predicted octanol–water partition coefficient (Wildman–Crippen LogP) is 1.96. The molecule has 1 saturated heterocycles. The summed E-state index contributed by atoms with van der Waals surface area (Å²) in [6.07, 6.45) is 0.106. The molecule has 1 aliphatic rings. The van der Waals surface area contributed by atoms with Crippen molar-refractivity contribution in [2.24, 2.45) is 5.73 Å². The number of ether oxygens (including phenoxy) is 1. The van der Waals surface area contributed by atoms with E-state index in [0.717, 1.165) is 6.07 Å². The van der Waals surface area contributed by atoms with Gasteiger partial charge >= 0.3 is 0 Å². The molecule has 1 aromatic carbocycles. The fourth-order valence-electron chi connectivity index (χ4n) is 2.12. The van der Waals surface area contributed by atoms with Crippen LogP contribution in [0.2, 0.25) is 0 Å². The zero-order chi connectivity index (χ0) is 13.3. The summed E-state index contributed by atoms with van der Waals surface area (Å²) in [6, 6.07) is 2.40. The van der Waals surface area contributed by atoms with Gasteiger partial charge in [0.1, 0.15) is 17.7 Å². The molecule has 0 radical (unpaired) electrons. The lowest BCUT2D eigenvalue weighted by Crippen LogP contribution is -2.26. The van der Waals surface area contributed by atoms with Crippen molar-refractivity contribution >= 4 is 5.78 Å². The molecule has 0 aromatic heterocycles. The number of hydrogen-bond donors (Lipinski definition) is 1. The van der Waals surface area contributed by atoms with Crippen LogP contribution in [0.3, 0.4) is 0 Å². The first-order valence-corrected chi connectivity index (χ1v) is 5.89. The summed E-state index contributed by atoms with van der Waals surface area (Å²) in [5.74, 6) is -2.28. The number of aryl methyl sites for hydroxylation is 1. The third kappa shape index (κ3) is 2.28. The average molecular weight is 255 g/mol. The van der Waals surface area contributed by atoms with Gasteiger partial charge in [0, 0.05) is 6.54 Å². The first kappa shape index (κ1) is 13.1. The second-order valence-electron chi connectivity index (χ2n) is 4.48. The van der Waals surface area contributed by atoms with Crippen molar-refractivity contribution in [2.75, 3.05) is 6.54 Å². The lowest BCUT2D eigenvalue weighted by atomic mass is 10.0. The maximum absolute atomic E-state index is 13.8. The smallest absolute Gasteiger partial charge is 0.197 e. The van der Waals surface area contributed by atoms with Gasteiger partial charge in [-0.3, -0.25) is 4.79 Å². The normalized spacial score (nSPS) is 23.3. The van der Waals surface area contributed by atoms with E-state index in [1.54, 1.807) is 0 Å². The zero-order valence-electron chi connectivity index (χ0n) is 10.1. The first-order valence-electron chi connectivity index (χ1n) is 5.89. The number of halogens is 2. The van der Waals surface area contributed by atoms with Gasteiger partial charge in [0.05, 0.1) is 11.7 Å². The van der Waals surface area contributed by atoms with Crippen molar-refractivity contribution in [2.45, 2.75) is 32.0 Å². The highest BCUT2D eigenvalue weighted by Gasteiger charge is 2.33. The van der Waals surface area contributed by atoms with Gasteiger partial charge in [0.2, 0.25) is 0 Å². The molecule has 98 valence electrons.